The summed E-state index contributed by atoms with van der Waals surface area (Å²) in [5, 5.41) is 7.75. The number of methoxy groups -OCH3 is 1. The Morgan fingerprint density at radius 1 is 1.38 bits per heavy atom. The quantitative estimate of drug-likeness (QED) is 0.363. The van der Waals surface area contributed by atoms with E-state index in [0.29, 0.717) is 13.0 Å². The Balaban J connectivity index is 2.70. The molecule has 0 saturated heterocycles. The number of benzene rings is 1. The molecule has 1 aromatic rings. The SMILES string of the molecule is COc1cc(C[C@H](C)[NH3+])c(OCCCO[N+](=O)O)cc1I. The molecule has 0 aliphatic carbocycles. The van der Waals surface area contributed by atoms with E-state index in [-0.39, 0.29) is 12.6 Å². The fourth-order valence-electron chi connectivity index (χ4n) is 1.79. The molecule has 0 saturated carbocycles. The second-order valence-corrected chi connectivity index (χ2v) is 5.84. The summed E-state index contributed by atoms with van der Waals surface area (Å²) >= 11 is 2.19. The largest absolute Gasteiger partial charge is 0.496 e. The number of nitrogens with zero attached hydrogens (tertiary/aromatic N) is 1. The number of hydrogen-bond acceptors (Lipinski definition) is 4. The van der Waals surface area contributed by atoms with Gasteiger partial charge in [-0.15, -0.1) is 0 Å². The Kier molecular flexibility index (Phi) is 7.51. The fourth-order valence-corrected chi connectivity index (χ4v) is 2.45. The Morgan fingerprint density at radius 3 is 2.67 bits per heavy atom. The highest BCUT2D eigenvalue weighted by Gasteiger charge is 2.13. The average molecular weight is 412 g/mol. The molecule has 1 aromatic carbocycles. The summed E-state index contributed by atoms with van der Waals surface area (Å²) in [4.78, 5) is 14.5. The van der Waals surface area contributed by atoms with Crippen molar-refractivity contribution in [3.05, 3.63) is 26.2 Å². The monoisotopic (exact) mass is 412 g/mol. The highest BCUT2D eigenvalue weighted by Crippen LogP contribution is 2.30. The lowest BCUT2D eigenvalue weighted by molar-refractivity contribution is -0.975. The third-order valence-corrected chi connectivity index (χ3v) is 3.49. The van der Waals surface area contributed by atoms with E-state index < -0.39 is 5.09 Å². The molecule has 0 aliphatic rings. The van der Waals surface area contributed by atoms with Gasteiger partial charge in [0, 0.05) is 18.4 Å². The lowest BCUT2D eigenvalue weighted by atomic mass is 10.1. The zero-order valence-electron chi connectivity index (χ0n) is 12.2. The standard InChI is InChI=1S/C13H20IN2O5/c1-9(15)6-10-7-13(19-2)11(14)8-12(10)20-4-3-5-21-16(17)18/h7-9H,3-6,15H2,1-2H3,(H,17,18)/q+1/p+1/t9-/m0/s1. The molecule has 0 aliphatic heterocycles. The Hall–Kier alpha value is -1.29. The summed E-state index contributed by atoms with van der Waals surface area (Å²) < 4.78 is 12.0. The molecule has 0 radical (unpaired) electrons. The van der Waals surface area contributed by atoms with Crippen molar-refractivity contribution in [1.29, 1.82) is 0 Å². The number of quaternary nitrogens is 1. The fraction of sp³-hybridized carbons (Fsp3) is 0.538. The van der Waals surface area contributed by atoms with Gasteiger partial charge in [-0.25, -0.2) is 5.21 Å². The van der Waals surface area contributed by atoms with E-state index in [9.17, 15) is 4.91 Å². The van der Waals surface area contributed by atoms with Crippen LogP contribution in [0.2, 0.25) is 0 Å². The van der Waals surface area contributed by atoms with Gasteiger partial charge in [0.1, 0.15) is 16.4 Å². The zero-order chi connectivity index (χ0) is 15.8. The molecule has 0 heterocycles. The predicted octanol–water partition coefficient (Wildman–Crippen LogP) is 1.34. The molecule has 0 amide bonds. The molecule has 0 aromatic heterocycles. The van der Waals surface area contributed by atoms with E-state index in [2.05, 4.69) is 33.2 Å². The zero-order valence-corrected chi connectivity index (χ0v) is 14.3. The maximum absolute atomic E-state index is 10.2. The Labute approximate surface area is 137 Å². The first-order valence-electron chi connectivity index (χ1n) is 6.55. The highest BCUT2D eigenvalue weighted by molar-refractivity contribution is 14.1. The molecule has 1 atom stereocenters. The summed E-state index contributed by atoms with van der Waals surface area (Å²) in [6, 6.07) is 4.13. The molecule has 1 rings (SSSR count). The minimum Gasteiger partial charge on any atom is -0.496 e. The molecule has 0 unspecified atom stereocenters. The first-order chi connectivity index (χ1) is 9.93. The van der Waals surface area contributed by atoms with Crippen molar-refractivity contribution in [2.45, 2.75) is 25.8 Å². The van der Waals surface area contributed by atoms with E-state index in [4.69, 9.17) is 14.7 Å². The van der Waals surface area contributed by atoms with Crippen LogP contribution in [0.3, 0.4) is 0 Å². The van der Waals surface area contributed by atoms with Gasteiger partial charge in [0.25, 0.3) is 0 Å². The lowest BCUT2D eigenvalue weighted by Gasteiger charge is -2.14. The predicted molar refractivity (Wildman–Crippen MR) is 83.2 cm³/mol. The number of ether oxygens (including phenoxy) is 2. The topological polar surface area (TPSA) is 95.6 Å². The number of hydrogen-bond donors (Lipinski definition) is 2. The van der Waals surface area contributed by atoms with Crippen LogP contribution in [0.1, 0.15) is 18.9 Å². The van der Waals surface area contributed by atoms with Gasteiger partial charge >= 0.3 is 5.09 Å². The van der Waals surface area contributed by atoms with Crippen LogP contribution in [0.4, 0.5) is 0 Å². The molecular weight excluding hydrogens is 391 g/mol. The maximum atomic E-state index is 10.2. The highest BCUT2D eigenvalue weighted by atomic mass is 127. The van der Waals surface area contributed by atoms with E-state index in [1.165, 1.54) is 0 Å². The van der Waals surface area contributed by atoms with Crippen LogP contribution in [0.5, 0.6) is 11.5 Å². The van der Waals surface area contributed by atoms with Crippen molar-refractivity contribution < 1.29 is 30.3 Å². The molecule has 0 fully saturated rings. The van der Waals surface area contributed by atoms with Crippen LogP contribution in [0, 0.1) is 8.48 Å². The molecule has 0 spiro atoms. The van der Waals surface area contributed by atoms with Crippen LogP contribution >= 0.6 is 22.6 Å². The molecule has 21 heavy (non-hydrogen) atoms. The van der Waals surface area contributed by atoms with Crippen LogP contribution in [0.25, 0.3) is 0 Å². The molecule has 118 valence electrons. The first kappa shape index (κ1) is 17.8. The van der Waals surface area contributed by atoms with Crippen LogP contribution in [0.15, 0.2) is 12.1 Å². The van der Waals surface area contributed by atoms with Crippen molar-refractivity contribution in [3.63, 3.8) is 0 Å². The van der Waals surface area contributed by atoms with Crippen molar-refractivity contribution >= 4 is 22.6 Å². The van der Waals surface area contributed by atoms with Gasteiger partial charge in [0.2, 0.25) is 0 Å². The van der Waals surface area contributed by atoms with Crippen LogP contribution in [-0.4, -0.2) is 36.7 Å². The van der Waals surface area contributed by atoms with Crippen LogP contribution in [-0.2, 0) is 11.3 Å². The lowest BCUT2D eigenvalue weighted by Crippen LogP contribution is -2.60. The first-order valence-corrected chi connectivity index (χ1v) is 7.63. The van der Waals surface area contributed by atoms with E-state index in [1.54, 1.807) is 7.11 Å². The average Bonchev–Trinajstić information content (AvgIpc) is 2.40. The van der Waals surface area contributed by atoms with Crippen molar-refractivity contribution in [3.8, 4) is 11.5 Å². The van der Waals surface area contributed by atoms with Crippen LogP contribution < -0.4 is 15.2 Å². The van der Waals surface area contributed by atoms with E-state index >= 15 is 0 Å². The van der Waals surface area contributed by atoms with Gasteiger partial charge in [-0.3, -0.25) is 0 Å². The van der Waals surface area contributed by atoms with Gasteiger partial charge in [-0.1, -0.05) is 0 Å². The molecule has 4 N–H and O–H groups in total. The summed E-state index contributed by atoms with van der Waals surface area (Å²) in [5.41, 5.74) is 5.03. The molecule has 8 heteroatoms. The Morgan fingerprint density at radius 2 is 2.10 bits per heavy atom. The smallest absolute Gasteiger partial charge is 0.475 e. The normalized spacial score (nSPS) is 11.8. The van der Waals surface area contributed by atoms with Gasteiger partial charge in [-0.2, -0.15) is 4.84 Å². The second-order valence-electron chi connectivity index (χ2n) is 4.68. The second kappa shape index (κ2) is 8.88. The van der Waals surface area contributed by atoms with Gasteiger partial charge in [0.15, 0.2) is 6.61 Å². The summed E-state index contributed by atoms with van der Waals surface area (Å²) in [5.74, 6) is 1.59. The molecule has 7 nitrogen and oxygen atoms in total. The number of rotatable bonds is 9. The summed E-state index contributed by atoms with van der Waals surface area (Å²) in [6.45, 7) is 2.51. The minimum absolute atomic E-state index is 0.0916. The molecular formula is C13H21IN2O5+2. The third kappa shape index (κ3) is 6.34. The van der Waals surface area contributed by atoms with Gasteiger partial charge in [0.05, 0.1) is 23.3 Å². The summed E-state index contributed by atoms with van der Waals surface area (Å²) in [7, 11) is 1.64. The van der Waals surface area contributed by atoms with Gasteiger partial charge in [-0.05, 0) is 41.6 Å². The summed E-state index contributed by atoms with van der Waals surface area (Å²) in [6.07, 6.45) is 1.27. The molecule has 0 bridgehead atoms. The third-order valence-electron chi connectivity index (χ3n) is 2.65. The number of halogens is 1. The van der Waals surface area contributed by atoms with Gasteiger partial charge < -0.3 is 15.2 Å². The van der Waals surface area contributed by atoms with E-state index in [1.807, 2.05) is 19.1 Å². The minimum atomic E-state index is -0.549. The van der Waals surface area contributed by atoms with Crippen molar-refractivity contribution in [2.75, 3.05) is 20.3 Å². The van der Waals surface area contributed by atoms with Crippen molar-refractivity contribution in [2.24, 2.45) is 0 Å². The van der Waals surface area contributed by atoms with E-state index in [0.717, 1.165) is 27.1 Å². The Bertz CT molecular complexity index is 482. The maximum Gasteiger partial charge on any atom is 0.475 e. The van der Waals surface area contributed by atoms with Crippen molar-refractivity contribution in [1.82, 2.24) is 0 Å².